The number of amides is 2. The van der Waals surface area contributed by atoms with E-state index in [-0.39, 0.29) is 24.8 Å². The molecule has 6 heteroatoms. The lowest BCUT2D eigenvalue weighted by Crippen LogP contribution is -2.44. The normalized spacial score (nSPS) is 19.8. The third-order valence-corrected chi connectivity index (χ3v) is 3.91. The molecular weight excluding hydrogens is 327 g/mol. The standard InChI is InChI=1S/C14H16BrFN2O2/c1-2-3-11-14(20)18(7-6-13(19)17-11)12-8-9(16)4-5-10(12)15/h4-5,8,11H,2-3,6-7H2,1H3,(H,17,19). The zero-order valence-electron chi connectivity index (χ0n) is 11.2. The van der Waals surface area contributed by atoms with Crippen LogP contribution in [-0.2, 0) is 9.59 Å². The van der Waals surface area contributed by atoms with Gasteiger partial charge in [-0.05, 0) is 40.5 Å². The smallest absolute Gasteiger partial charge is 0.249 e. The Morgan fingerprint density at radius 2 is 2.20 bits per heavy atom. The Morgan fingerprint density at radius 3 is 2.90 bits per heavy atom. The van der Waals surface area contributed by atoms with Gasteiger partial charge in [-0.2, -0.15) is 0 Å². The summed E-state index contributed by atoms with van der Waals surface area (Å²) in [6, 6.07) is 3.65. The topological polar surface area (TPSA) is 49.4 Å². The van der Waals surface area contributed by atoms with Gasteiger partial charge in [-0.3, -0.25) is 9.59 Å². The monoisotopic (exact) mass is 342 g/mol. The molecule has 1 atom stereocenters. The first-order chi connectivity index (χ1) is 9.52. The van der Waals surface area contributed by atoms with E-state index in [9.17, 15) is 14.0 Å². The molecule has 1 heterocycles. The molecule has 0 spiro atoms. The number of carbonyl (C=O) groups excluding carboxylic acids is 2. The lowest BCUT2D eigenvalue weighted by molar-refractivity contribution is -0.125. The van der Waals surface area contributed by atoms with Crippen molar-refractivity contribution in [1.82, 2.24) is 5.32 Å². The molecule has 0 bridgehead atoms. The first kappa shape index (κ1) is 15.0. The van der Waals surface area contributed by atoms with Crippen LogP contribution in [0.4, 0.5) is 10.1 Å². The van der Waals surface area contributed by atoms with Gasteiger partial charge in [0.25, 0.3) is 0 Å². The Labute approximate surface area is 125 Å². The van der Waals surface area contributed by atoms with Crippen LogP contribution >= 0.6 is 15.9 Å². The Morgan fingerprint density at radius 1 is 1.45 bits per heavy atom. The van der Waals surface area contributed by atoms with Crippen LogP contribution < -0.4 is 10.2 Å². The van der Waals surface area contributed by atoms with E-state index in [2.05, 4.69) is 21.2 Å². The molecule has 0 saturated carbocycles. The van der Waals surface area contributed by atoms with E-state index in [1.54, 1.807) is 6.07 Å². The van der Waals surface area contributed by atoms with Gasteiger partial charge in [0.05, 0.1) is 5.69 Å². The predicted molar refractivity (Wildman–Crippen MR) is 77.9 cm³/mol. The van der Waals surface area contributed by atoms with E-state index in [1.807, 2.05) is 6.92 Å². The summed E-state index contributed by atoms with van der Waals surface area (Å²) in [5, 5.41) is 2.72. The molecule has 1 saturated heterocycles. The van der Waals surface area contributed by atoms with E-state index in [0.717, 1.165) is 6.42 Å². The van der Waals surface area contributed by atoms with Crippen molar-refractivity contribution in [3.05, 3.63) is 28.5 Å². The molecule has 4 nitrogen and oxygen atoms in total. The van der Waals surface area contributed by atoms with Gasteiger partial charge in [0.1, 0.15) is 11.9 Å². The van der Waals surface area contributed by atoms with Gasteiger partial charge in [0, 0.05) is 17.4 Å². The number of benzene rings is 1. The Balaban J connectivity index is 2.35. The second-order valence-electron chi connectivity index (χ2n) is 4.74. The minimum Gasteiger partial charge on any atom is -0.344 e. The maximum Gasteiger partial charge on any atom is 0.249 e. The molecule has 1 unspecified atom stereocenters. The van der Waals surface area contributed by atoms with E-state index in [0.29, 0.717) is 16.6 Å². The highest BCUT2D eigenvalue weighted by molar-refractivity contribution is 9.10. The molecular formula is C14H16BrFN2O2. The van der Waals surface area contributed by atoms with Crippen LogP contribution in [0, 0.1) is 5.82 Å². The van der Waals surface area contributed by atoms with Crippen molar-refractivity contribution in [3.63, 3.8) is 0 Å². The minimum absolute atomic E-state index is 0.146. The lowest BCUT2D eigenvalue weighted by atomic mass is 10.1. The molecule has 2 rings (SSSR count). The first-order valence-corrected chi connectivity index (χ1v) is 7.38. The zero-order valence-corrected chi connectivity index (χ0v) is 12.7. The van der Waals surface area contributed by atoms with E-state index in [1.165, 1.54) is 17.0 Å². The minimum atomic E-state index is -0.537. The molecule has 0 aromatic heterocycles. The third kappa shape index (κ3) is 3.17. The second kappa shape index (κ2) is 6.35. The number of anilines is 1. The van der Waals surface area contributed by atoms with Crippen molar-refractivity contribution in [3.8, 4) is 0 Å². The number of rotatable bonds is 3. The zero-order chi connectivity index (χ0) is 14.7. The lowest BCUT2D eigenvalue weighted by Gasteiger charge is -2.25. The highest BCUT2D eigenvalue weighted by Gasteiger charge is 2.31. The number of hydrogen-bond acceptors (Lipinski definition) is 2. The molecule has 1 aromatic rings. The van der Waals surface area contributed by atoms with Gasteiger partial charge in [-0.25, -0.2) is 4.39 Å². The number of halogens is 2. The van der Waals surface area contributed by atoms with Crippen molar-refractivity contribution >= 4 is 33.4 Å². The molecule has 1 N–H and O–H groups in total. The van der Waals surface area contributed by atoms with Crippen molar-refractivity contribution in [2.75, 3.05) is 11.4 Å². The van der Waals surface area contributed by atoms with Gasteiger partial charge >= 0.3 is 0 Å². The fourth-order valence-corrected chi connectivity index (χ4v) is 2.72. The number of nitrogens with zero attached hydrogens (tertiary/aromatic N) is 1. The predicted octanol–water partition coefficient (Wildman–Crippen LogP) is 2.61. The SMILES string of the molecule is CCCC1NC(=O)CCN(c2cc(F)ccc2Br)C1=O. The maximum absolute atomic E-state index is 13.4. The fourth-order valence-electron chi connectivity index (χ4n) is 2.26. The average molecular weight is 343 g/mol. The van der Waals surface area contributed by atoms with Gasteiger partial charge in [0.15, 0.2) is 0 Å². The summed E-state index contributed by atoms with van der Waals surface area (Å²) >= 11 is 3.33. The van der Waals surface area contributed by atoms with Crippen LogP contribution in [0.25, 0.3) is 0 Å². The molecule has 0 radical (unpaired) electrons. The summed E-state index contributed by atoms with van der Waals surface area (Å²) in [6.45, 7) is 2.21. The van der Waals surface area contributed by atoms with Crippen LogP contribution in [0.2, 0.25) is 0 Å². The van der Waals surface area contributed by atoms with E-state index in [4.69, 9.17) is 0 Å². The van der Waals surface area contributed by atoms with Crippen LogP contribution in [0.3, 0.4) is 0 Å². The van der Waals surface area contributed by atoms with Crippen LogP contribution in [0.5, 0.6) is 0 Å². The molecule has 1 aliphatic heterocycles. The largest absolute Gasteiger partial charge is 0.344 e. The van der Waals surface area contributed by atoms with Gasteiger partial charge in [-0.15, -0.1) is 0 Å². The molecule has 1 aliphatic rings. The summed E-state index contributed by atoms with van der Waals surface area (Å²) in [7, 11) is 0. The number of nitrogens with one attached hydrogen (secondary N) is 1. The maximum atomic E-state index is 13.4. The molecule has 20 heavy (non-hydrogen) atoms. The Hall–Kier alpha value is -1.43. The van der Waals surface area contributed by atoms with Gasteiger partial charge < -0.3 is 10.2 Å². The molecule has 0 aliphatic carbocycles. The Kier molecular flexibility index (Phi) is 4.75. The van der Waals surface area contributed by atoms with Crippen LogP contribution in [-0.4, -0.2) is 24.4 Å². The summed E-state index contributed by atoms with van der Waals surface area (Å²) in [5.41, 5.74) is 0.465. The van der Waals surface area contributed by atoms with Crippen molar-refractivity contribution < 1.29 is 14.0 Å². The Bertz CT molecular complexity index is 536. The highest BCUT2D eigenvalue weighted by Crippen LogP contribution is 2.29. The summed E-state index contributed by atoms with van der Waals surface area (Å²) in [6.07, 6.45) is 1.58. The summed E-state index contributed by atoms with van der Waals surface area (Å²) in [5.74, 6) is -0.748. The third-order valence-electron chi connectivity index (χ3n) is 3.24. The second-order valence-corrected chi connectivity index (χ2v) is 5.60. The number of hydrogen-bond donors (Lipinski definition) is 1. The fraction of sp³-hybridized carbons (Fsp3) is 0.429. The van der Waals surface area contributed by atoms with E-state index < -0.39 is 11.9 Å². The highest BCUT2D eigenvalue weighted by atomic mass is 79.9. The van der Waals surface area contributed by atoms with Crippen molar-refractivity contribution in [2.24, 2.45) is 0 Å². The van der Waals surface area contributed by atoms with Gasteiger partial charge in [0.2, 0.25) is 11.8 Å². The quantitative estimate of drug-likeness (QED) is 0.917. The van der Waals surface area contributed by atoms with Gasteiger partial charge in [-0.1, -0.05) is 13.3 Å². The molecule has 2 amide bonds. The van der Waals surface area contributed by atoms with Crippen molar-refractivity contribution in [1.29, 1.82) is 0 Å². The summed E-state index contributed by atoms with van der Waals surface area (Å²) in [4.78, 5) is 25.7. The number of carbonyl (C=O) groups is 2. The van der Waals surface area contributed by atoms with Crippen LogP contribution in [0.15, 0.2) is 22.7 Å². The summed E-state index contributed by atoms with van der Waals surface area (Å²) < 4.78 is 14.0. The van der Waals surface area contributed by atoms with Crippen molar-refractivity contribution in [2.45, 2.75) is 32.2 Å². The first-order valence-electron chi connectivity index (χ1n) is 6.58. The average Bonchev–Trinajstić information content (AvgIpc) is 2.54. The molecule has 1 aromatic carbocycles. The van der Waals surface area contributed by atoms with E-state index >= 15 is 0 Å². The van der Waals surface area contributed by atoms with Crippen LogP contribution in [0.1, 0.15) is 26.2 Å². The molecule has 1 fully saturated rings. The molecule has 108 valence electrons.